The maximum Gasteiger partial charge on any atom is 0.227 e. The molecular formula is C9H11N5OS. The van der Waals surface area contributed by atoms with Crippen molar-refractivity contribution in [3.05, 3.63) is 12.0 Å². The lowest BCUT2D eigenvalue weighted by atomic mass is 10.4. The minimum Gasteiger partial charge on any atom is -0.369 e. The van der Waals surface area contributed by atoms with Crippen molar-refractivity contribution < 1.29 is 4.79 Å². The maximum absolute atomic E-state index is 10.7. The molecule has 2 rings (SSSR count). The molecule has 0 fully saturated rings. The summed E-state index contributed by atoms with van der Waals surface area (Å²) in [7, 11) is 1.87. The highest BCUT2D eigenvalue weighted by molar-refractivity contribution is 7.99. The van der Waals surface area contributed by atoms with Crippen molar-refractivity contribution in [2.24, 2.45) is 12.8 Å². The molecule has 0 spiro atoms. The predicted octanol–water partition coefficient (Wildman–Crippen LogP) is 0.249. The summed E-state index contributed by atoms with van der Waals surface area (Å²) >= 11 is 1.23. The molecule has 2 aromatic rings. The average molecular weight is 239 g/mol. The highest BCUT2D eigenvalue weighted by atomic mass is 32.2. The van der Waals surface area contributed by atoms with Crippen LogP contribution in [0.2, 0.25) is 0 Å². The first-order chi connectivity index (χ1) is 7.58. The third-order valence-corrected chi connectivity index (χ3v) is 2.93. The van der Waals surface area contributed by atoms with Gasteiger partial charge in [0.05, 0.1) is 17.8 Å². The van der Waals surface area contributed by atoms with Crippen molar-refractivity contribution >= 4 is 28.8 Å². The standard InChI is InChI=1S/C9H11N5OS/c1-5-7-8(14(2)4-11-7)13-9(12-5)16-3-6(10)15/h4H,3H2,1-2H3,(H2,10,15)/i3+2. The number of nitrogens with zero attached hydrogens (tertiary/aromatic N) is 4. The summed E-state index contributed by atoms with van der Waals surface area (Å²) in [4.78, 5) is 23.4. The van der Waals surface area contributed by atoms with E-state index in [-0.39, 0.29) is 11.7 Å². The number of rotatable bonds is 3. The fourth-order valence-corrected chi connectivity index (χ4v) is 1.95. The van der Waals surface area contributed by atoms with E-state index in [0.717, 1.165) is 16.9 Å². The fourth-order valence-electron chi connectivity index (χ4n) is 1.32. The quantitative estimate of drug-likeness (QED) is 0.612. The number of amides is 1. The van der Waals surface area contributed by atoms with Gasteiger partial charge in [-0.3, -0.25) is 4.79 Å². The number of carbonyl (C=O) groups is 1. The van der Waals surface area contributed by atoms with Gasteiger partial charge in [-0.25, -0.2) is 15.0 Å². The zero-order valence-corrected chi connectivity index (χ0v) is 9.78. The highest BCUT2D eigenvalue weighted by Gasteiger charge is 2.09. The monoisotopic (exact) mass is 239 g/mol. The lowest BCUT2D eigenvalue weighted by Crippen LogP contribution is -2.13. The number of primary amides is 1. The summed E-state index contributed by atoms with van der Waals surface area (Å²) < 4.78 is 1.82. The largest absolute Gasteiger partial charge is 0.369 e. The Bertz CT molecular complexity index is 550. The zero-order chi connectivity index (χ0) is 11.7. The number of hydrogen-bond donors (Lipinski definition) is 1. The lowest BCUT2D eigenvalue weighted by Gasteiger charge is -2.01. The summed E-state index contributed by atoms with van der Waals surface area (Å²) in [6.07, 6.45) is 1.69. The van der Waals surface area contributed by atoms with Crippen LogP contribution in [0.3, 0.4) is 0 Å². The van der Waals surface area contributed by atoms with Crippen LogP contribution < -0.4 is 5.73 Å². The van der Waals surface area contributed by atoms with Gasteiger partial charge in [-0.2, -0.15) is 0 Å². The first-order valence-corrected chi connectivity index (χ1v) is 5.63. The lowest BCUT2D eigenvalue weighted by molar-refractivity contribution is -0.115. The predicted molar refractivity (Wildman–Crippen MR) is 61.0 cm³/mol. The molecule has 84 valence electrons. The van der Waals surface area contributed by atoms with Gasteiger partial charge in [-0.1, -0.05) is 11.8 Å². The Morgan fingerprint density at radius 1 is 1.56 bits per heavy atom. The second-order valence-electron chi connectivity index (χ2n) is 3.37. The Hall–Kier alpha value is -1.63. The van der Waals surface area contributed by atoms with Gasteiger partial charge in [0.1, 0.15) is 5.52 Å². The van der Waals surface area contributed by atoms with Gasteiger partial charge in [-0.15, -0.1) is 0 Å². The Labute approximate surface area is 96.3 Å². The van der Waals surface area contributed by atoms with Gasteiger partial charge in [0.25, 0.3) is 0 Å². The van der Waals surface area contributed by atoms with E-state index >= 15 is 0 Å². The van der Waals surface area contributed by atoms with E-state index in [1.807, 2.05) is 18.5 Å². The van der Waals surface area contributed by atoms with Crippen LogP contribution in [0.1, 0.15) is 5.69 Å². The Kier molecular flexibility index (Phi) is 2.78. The number of imidazole rings is 1. The first kappa shape index (κ1) is 10.9. The van der Waals surface area contributed by atoms with Gasteiger partial charge in [0, 0.05) is 7.05 Å². The number of nitrogens with two attached hydrogens (primary N) is 1. The minimum absolute atomic E-state index is 0.183. The van der Waals surface area contributed by atoms with Crippen molar-refractivity contribution in [1.29, 1.82) is 0 Å². The van der Waals surface area contributed by atoms with Gasteiger partial charge >= 0.3 is 0 Å². The Balaban J connectivity index is 2.40. The molecule has 1 amide bonds. The smallest absolute Gasteiger partial charge is 0.227 e. The molecule has 2 aromatic heterocycles. The third-order valence-electron chi connectivity index (χ3n) is 2.06. The molecule has 0 aliphatic heterocycles. The molecule has 0 bridgehead atoms. The maximum atomic E-state index is 10.7. The minimum atomic E-state index is -0.378. The van der Waals surface area contributed by atoms with Crippen LogP contribution in [0.5, 0.6) is 0 Å². The van der Waals surface area contributed by atoms with Crippen LogP contribution in [-0.4, -0.2) is 31.2 Å². The van der Waals surface area contributed by atoms with Crippen molar-refractivity contribution in [3.63, 3.8) is 0 Å². The van der Waals surface area contributed by atoms with Gasteiger partial charge in [-0.05, 0) is 6.92 Å². The van der Waals surface area contributed by atoms with Crippen molar-refractivity contribution in [3.8, 4) is 0 Å². The van der Waals surface area contributed by atoms with Crippen LogP contribution in [-0.2, 0) is 11.8 Å². The molecule has 0 atom stereocenters. The second-order valence-corrected chi connectivity index (χ2v) is 4.32. The fraction of sp³-hybridized carbons (Fsp3) is 0.333. The van der Waals surface area contributed by atoms with Crippen LogP contribution in [0, 0.1) is 6.92 Å². The van der Waals surface area contributed by atoms with Gasteiger partial charge in [0.15, 0.2) is 10.8 Å². The molecule has 6 nitrogen and oxygen atoms in total. The zero-order valence-electron chi connectivity index (χ0n) is 8.97. The summed E-state index contributed by atoms with van der Waals surface area (Å²) in [5.74, 6) is -0.195. The van der Waals surface area contributed by atoms with E-state index in [1.54, 1.807) is 6.33 Å². The number of fused-ring (bicyclic) bond motifs is 1. The number of carbonyl (C=O) groups excluding carboxylic acids is 1. The summed E-state index contributed by atoms with van der Waals surface area (Å²) in [5, 5.41) is 0.549. The molecule has 2 N–H and O–H groups in total. The number of aromatic nitrogens is 4. The summed E-state index contributed by atoms with van der Waals surface area (Å²) in [6, 6.07) is 0. The molecule has 16 heavy (non-hydrogen) atoms. The van der Waals surface area contributed by atoms with E-state index in [9.17, 15) is 4.79 Å². The Morgan fingerprint density at radius 2 is 2.31 bits per heavy atom. The van der Waals surface area contributed by atoms with Crippen LogP contribution in [0.15, 0.2) is 11.5 Å². The molecule has 0 radical (unpaired) electrons. The van der Waals surface area contributed by atoms with Gasteiger partial charge < -0.3 is 10.3 Å². The molecule has 2 heterocycles. The van der Waals surface area contributed by atoms with E-state index in [1.165, 1.54) is 11.8 Å². The molecule has 0 saturated carbocycles. The number of hydrogen-bond acceptors (Lipinski definition) is 5. The molecule has 0 aliphatic rings. The Morgan fingerprint density at radius 3 is 3.00 bits per heavy atom. The van der Waals surface area contributed by atoms with Crippen LogP contribution >= 0.6 is 11.8 Å². The number of aryl methyl sites for hydroxylation is 2. The molecule has 7 heteroatoms. The highest BCUT2D eigenvalue weighted by Crippen LogP contribution is 2.18. The van der Waals surface area contributed by atoms with Crippen molar-refractivity contribution in [1.82, 2.24) is 19.5 Å². The molecule has 0 saturated heterocycles. The molecule has 0 aliphatic carbocycles. The normalized spacial score (nSPS) is 10.9. The van der Waals surface area contributed by atoms with E-state index in [0.29, 0.717) is 5.16 Å². The van der Waals surface area contributed by atoms with E-state index in [4.69, 9.17) is 5.73 Å². The van der Waals surface area contributed by atoms with Crippen LogP contribution in [0.4, 0.5) is 0 Å². The van der Waals surface area contributed by atoms with Gasteiger partial charge in [0.2, 0.25) is 5.91 Å². The molecular weight excluding hydrogens is 228 g/mol. The van der Waals surface area contributed by atoms with Crippen LogP contribution in [0.25, 0.3) is 11.2 Å². The van der Waals surface area contributed by atoms with Crippen molar-refractivity contribution in [2.45, 2.75) is 12.1 Å². The number of thioether (sulfide) groups is 1. The SMILES string of the molecule is Cc1nc(S[14CH2]C(N)=O)nc2c1ncn2C. The van der Waals surface area contributed by atoms with E-state index in [2.05, 4.69) is 15.0 Å². The van der Waals surface area contributed by atoms with E-state index < -0.39 is 0 Å². The summed E-state index contributed by atoms with van der Waals surface area (Å²) in [6.45, 7) is 1.87. The summed E-state index contributed by atoms with van der Waals surface area (Å²) in [5.41, 5.74) is 7.42. The first-order valence-electron chi connectivity index (χ1n) is 4.64. The topological polar surface area (TPSA) is 86.7 Å². The second kappa shape index (κ2) is 4.09. The molecule has 0 unspecified atom stereocenters. The van der Waals surface area contributed by atoms with Crippen molar-refractivity contribution in [2.75, 3.05) is 5.75 Å². The molecule has 0 aromatic carbocycles. The average Bonchev–Trinajstić information content (AvgIpc) is 2.58. The third kappa shape index (κ3) is 1.99.